The minimum absolute atomic E-state index is 0.568. The van der Waals surface area contributed by atoms with E-state index in [-0.39, 0.29) is 0 Å². The van der Waals surface area contributed by atoms with Crippen LogP contribution in [-0.2, 0) is 4.74 Å². The lowest BCUT2D eigenvalue weighted by atomic mass is 10.2. The van der Waals surface area contributed by atoms with E-state index in [1.54, 1.807) is 7.11 Å². The van der Waals surface area contributed by atoms with Crippen molar-refractivity contribution in [3.63, 3.8) is 0 Å². The first-order valence-corrected chi connectivity index (χ1v) is 5.58. The number of nitrogens with one attached hydrogen (secondary N) is 1. The monoisotopic (exact) mass is 202 g/mol. The summed E-state index contributed by atoms with van der Waals surface area (Å²) in [5.41, 5.74) is 0. The van der Waals surface area contributed by atoms with Crippen LogP contribution in [0.5, 0.6) is 0 Å². The second kappa shape index (κ2) is 8.21. The molecule has 0 fully saturated rings. The van der Waals surface area contributed by atoms with Gasteiger partial charge in [0.15, 0.2) is 0 Å². The molecule has 1 atom stereocenters. The first-order valence-electron chi connectivity index (χ1n) is 5.58. The zero-order chi connectivity index (χ0) is 11.0. The minimum atomic E-state index is 0.568. The van der Waals surface area contributed by atoms with Gasteiger partial charge in [-0.1, -0.05) is 20.8 Å². The molecule has 86 valence electrons. The highest BCUT2D eigenvalue weighted by atomic mass is 16.5. The van der Waals surface area contributed by atoms with Gasteiger partial charge in [0.2, 0.25) is 0 Å². The number of methoxy groups -OCH3 is 1. The minimum Gasteiger partial charge on any atom is -0.383 e. The third-order valence-corrected chi connectivity index (χ3v) is 2.43. The fraction of sp³-hybridized carbons (Fsp3) is 1.00. The SMILES string of the molecule is CCN(CCOC)C(C)CNC(C)C. The Kier molecular flexibility index (Phi) is 8.14. The number of likely N-dealkylation sites (N-methyl/N-ethyl adjacent to an activating group) is 1. The zero-order valence-electron chi connectivity index (χ0n) is 10.3. The van der Waals surface area contributed by atoms with Crippen LogP contribution in [0.4, 0.5) is 0 Å². The molecule has 0 rings (SSSR count). The van der Waals surface area contributed by atoms with Crippen molar-refractivity contribution in [1.82, 2.24) is 10.2 Å². The largest absolute Gasteiger partial charge is 0.383 e. The summed E-state index contributed by atoms with van der Waals surface area (Å²) in [7, 11) is 1.75. The Morgan fingerprint density at radius 3 is 2.36 bits per heavy atom. The molecule has 1 N–H and O–H groups in total. The molecule has 0 bridgehead atoms. The molecule has 0 amide bonds. The molecule has 0 aliphatic rings. The molecule has 0 aliphatic heterocycles. The van der Waals surface area contributed by atoms with Crippen LogP contribution in [0.3, 0.4) is 0 Å². The molecule has 0 aromatic heterocycles. The van der Waals surface area contributed by atoms with Crippen molar-refractivity contribution in [1.29, 1.82) is 0 Å². The molecule has 0 aromatic rings. The lowest BCUT2D eigenvalue weighted by Crippen LogP contribution is -2.43. The van der Waals surface area contributed by atoms with Crippen LogP contribution in [0.2, 0.25) is 0 Å². The molecular weight excluding hydrogens is 176 g/mol. The summed E-state index contributed by atoms with van der Waals surface area (Å²) in [6, 6.07) is 1.15. The summed E-state index contributed by atoms with van der Waals surface area (Å²) < 4.78 is 5.09. The summed E-state index contributed by atoms with van der Waals surface area (Å²) in [5, 5.41) is 3.45. The Labute approximate surface area is 88.8 Å². The lowest BCUT2D eigenvalue weighted by Gasteiger charge is -2.28. The quantitative estimate of drug-likeness (QED) is 0.643. The summed E-state index contributed by atoms with van der Waals surface area (Å²) >= 11 is 0. The predicted molar refractivity (Wildman–Crippen MR) is 61.7 cm³/mol. The van der Waals surface area contributed by atoms with E-state index in [9.17, 15) is 0 Å². The number of nitrogens with zero attached hydrogens (tertiary/aromatic N) is 1. The average molecular weight is 202 g/mol. The van der Waals surface area contributed by atoms with Crippen LogP contribution >= 0.6 is 0 Å². The number of hydrogen-bond donors (Lipinski definition) is 1. The van der Waals surface area contributed by atoms with Gasteiger partial charge in [0.25, 0.3) is 0 Å². The average Bonchev–Trinajstić information content (AvgIpc) is 2.16. The first-order chi connectivity index (χ1) is 6.61. The van der Waals surface area contributed by atoms with Crippen LogP contribution in [0.25, 0.3) is 0 Å². The van der Waals surface area contributed by atoms with Crippen LogP contribution in [-0.4, -0.2) is 50.3 Å². The number of hydrogen-bond acceptors (Lipinski definition) is 3. The molecule has 0 aliphatic carbocycles. The topological polar surface area (TPSA) is 24.5 Å². The van der Waals surface area contributed by atoms with Gasteiger partial charge in [0, 0.05) is 32.3 Å². The smallest absolute Gasteiger partial charge is 0.0589 e. The van der Waals surface area contributed by atoms with Crippen LogP contribution in [0.1, 0.15) is 27.7 Å². The van der Waals surface area contributed by atoms with Crippen molar-refractivity contribution in [2.24, 2.45) is 0 Å². The molecule has 0 heterocycles. The van der Waals surface area contributed by atoms with E-state index in [2.05, 4.69) is 37.9 Å². The molecule has 0 saturated heterocycles. The molecule has 14 heavy (non-hydrogen) atoms. The number of ether oxygens (including phenoxy) is 1. The third kappa shape index (κ3) is 6.35. The number of rotatable bonds is 8. The maximum atomic E-state index is 5.09. The fourth-order valence-corrected chi connectivity index (χ4v) is 1.43. The summed E-state index contributed by atoms with van der Waals surface area (Å²) in [6.07, 6.45) is 0. The van der Waals surface area contributed by atoms with Gasteiger partial charge in [0.1, 0.15) is 0 Å². The van der Waals surface area contributed by atoms with Crippen molar-refractivity contribution in [3.05, 3.63) is 0 Å². The Hall–Kier alpha value is -0.120. The van der Waals surface area contributed by atoms with E-state index in [1.807, 2.05) is 0 Å². The molecule has 3 nitrogen and oxygen atoms in total. The highest BCUT2D eigenvalue weighted by molar-refractivity contribution is 4.69. The van der Waals surface area contributed by atoms with Crippen LogP contribution < -0.4 is 5.32 Å². The molecule has 1 unspecified atom stereocenters. The van der Waals surface area contributed by atoms with Gasteiger partial charge >= 0.3 is 0 Å². The Morgan fingerprint density at radius 2 is 1.93 bits per heavy atom. The summed E-state index contributed by atoms with van der Waals surface area (Å²) in [5.74, 6) is 0. The van der Waals surface area contributed by atoms with Gasteiger partial charge in [0.05, 0.1) is 6.61 Å². The Bertz CT molecular complexity index is 128. The highest BCUT2D eigenvalue weighted by Crippen LogP contribution is 1.97. The van der Waals surface area contributed by atoms with E-state index in [0.29, 0.717) is 12.1 Å². The van der Waals surface area contributed by atoms with Gasteiger partial charge in [-0.15, -0.1) is 0 Å². The van der Waals surface area contributed by atoms with Crippen LogP contribution in [0.15, 0.2) is 0 Å². The Morgan fingerprint density at radius 1 is 1.29 bits per heavy atom. The van der Waals surface area contributed by atoms with E-state index in [4.69, 9.17) is 4.74 Å². The molecule has 0 radical (unpaired) electrons. The highest BCUT2D eigenvalue weighted by Gasteiger charge is 2.11. The Balaban J connectivity index is 3.72. The molecular formula is C11H26N2O. The fourth-order valence-electron chi connectivity index (χ4n) is 1.43. The van der Waals surface area contributed by atoms with Gasteiger partial charge in [-0.2, -0.15) is 0 Å². The van der Waals surface area contributed by atoms with Gasteiger partial charge in [-0.25, -0.2) is 0 Å². The molecule has 0 spiro atoms. The van der Waals surface area contributed by atoms with E-state index >= 15 is 0 Å². The van der Waals surface area contributed by atoms with Crippen molar-refractivity contribution >= 4 is 0 Å². The predicted octanol–water partition coefficient (Wildman–Crippen LogP) is 1.34. The summed E-state index contributed by atoms with van der Waals surface area (Å²) in [6.45, 7) is 12.8. The van der Waals surface area contributed by atoms with Crippen LogP contribution in [0, 0.1) is 0 Å². The normalized spacial score (nSPS) is 13.9. The maximum absolute atomic E-state index is 5.09. The van der Waals surface area contributed by atoms with Crippen molar-refractivity contribution in [2.45, 2.75) is 39.8 Å². The first kappa shape index (κ1) is 13.9. The van der Waals surface area contributed by atoms with Gasteiger partial charge < -0.3 is 10.1 Å². The second-order valence-electron chi connectivity index (χ2n) is 4.03. The lowest BCUT2D eigenvalue weighted by molar-refractivity contribution is 0.127. The van der Waals surface area contributed by atoms with Crippen molar-refractivity contribution < 1.29 is 4.74 Å². The van der Waals surface area contributed by atoms with E-state index in [1.165, 1.54) is 0 Å². The standard InChI is InChI=1S/C11H26N2O/c1-6-13(7-8-14-5)11(4)9-12-10(2)3/h10-12H,6-9H2,1-5H3. The van der Waals surface area contributed by atoms with E-state index in [0.717, 1.165) is 26.2 Å². The summed E-state index contributed by atoms with van der Waals surface area (Å²) in [4.78, 5) is 2.43. The molecule has 3 heteroatoms. The third-order valence-electron chi connectivity index (χ3n) is 2.43. The van der Waals surface area contributed by atoms with Gasteiger partial charge in [-0.3, -0.25) is 4.90 Å². The van der Waals surface area contributed by atoms with Gasteiger partial charge in [-0.05, 0) is 13.5 Å². The van der Waals surface area contributed by atoms with Crippen molar-refractivity contribution in [2.75, 3.05) is 33.4 Å². The molecule has 0 saturated carbocycles. The van der Waals surface area contributed by atoms with E-state index < -0.39 is 0 Å². The van der Waals surface area contributed by atoms with Crippen molar-refractivity contribution in [3.8, 4) is 0 Å². The maximum Gasteiger partial charge on any atom is 0.0589 e. The molecule has 0 aromatic carbocycles. The zero-order valence-corrected chi connectivity index (χ0v) is 10.3. The second-order valence-corrected chi connectivity index (χ2v) is 4.03.